The molecule has 0 N–H and O–H groups in total. The zero-order chi connectivity index (χ0) is 27.0. The number of carbonyl (C=O) groups excluding carboxylic acids is 1. The Bertz CT molecular complexity index is 1440. The highest BCUT2D eigenvalue weighted by molar-refractivity contribution is 7.10. The first-order valence-electron chi connectivity index (χ1n) is 12.1. The number of piperidine rings is 1. The molecule has 5 rings (SSSR count). The molecular formula is C26H24ClF3N4O3S. The van der Waals surface area contributed by atoms with Crippen LogP contribution in [-0.4, -0.2) is 39.2 Å². The minimum Gasteiger partial charge on any atom is -0.387 e. The molecule has 3 aromatic rings. The van der Waals surface area contributed by atoms with Gasteiger partial charge in [-0.15, -0.1) is 11.3 Å². The number of aromatic nitrogens is 2. The number of pyridine rings is 1. The second-order valence-corrected chi connectivity index (χ2v) is 10.7. The minimum absolute atomic E-state index is 0.134. The molecule has 0 saturated carbocycles. The summed E-state index contributed by atoms with van der Waals surface area (Å²) in [4.78, 5) is 37.1. The molecule has 1 atom stereocenters. The molecule has 1 fully saturated rings. The summed E-state index contributed by atoms with van der Waals surface area (Å²) < 4.78 is 40.1. The van der Waals surface area contributed by atoms with E-state index in [1.807, 2.05) is 36.6 Å². The highest BCUT2D eigenvalue weighted by Gasteiger charge is 2.35. The number of benzene rings is 1. The molecular weight excluding hydrogens is 541 g/mol. The van der Waals surface area contributed by atoms with Crippen molar-refractivity contribution in [2.45, 2.75) is 50.9 Å². The lowest BCUT2D eigenvalue weighted by atomic mass is 9.97. The predicted octanol–water partition coefficient (Wildman–Crippen LogP) is 5.56. The van der Waals surface area contributed by atoms with Gasteiger partial charge >= 0.3 is 6.18 Å². The normalized spacial score (nSPS) is 18.4. The number of nitrogens with zero attached hydrogens (tertiary/aromatic N) is 4. The van der Waals surface area contributed by atoms with E-state index < -0.39 is 29.8 Å². The van der Waals surface area contributed by atoms with E-state index in [-0.39, 0.29) is 17.0 Å². The third kappa shape index (κ3) is 5.49. The van der Waals surface area contributed by atoms with E-state index in [0.29, 0.717) is 38.4 Å². The Balaban J connectivity index is 1.18. The molecule has 38 heavy (non-hydrogen) atoms. The number of hydrogen-bond donors (Lipinski definition) is 0. The molecule has 200 valence electrons. The van der Waals surface area contributed by atoms with Crippen LogP contribution >= 0.6 is 22.9 Å². The molecule has 0 bridgehead atoms. The van der Waals surface area contributed by atoms with Gasteiger partial charge in [0.25, 0.3) is 5.56 Å². The van der Waals surface area contributed by atoms with Gasteiger partial charge in [0.2, 0.25) is 5.91 Å². The summed E-state index contributed by atoms with van der Waals surface area (Å²) in [5.41, 5.74) is 1.17. The third-order valence-electron chi connectivity index (χ3n) is 6.88. The van der Waals surface area contributed by atoms with Crippen LogP contribution in [0.25, 0.3) is 0 Å². The first-order chi connectivity index (χ1) is 18.1. The highest BCUT2D eigenvalue weighted by Crippen LogP contribution is 2.34. The van der Waals surface area contributed by atoms with Gasteiger partial charge in [0.05, 0.1) is 15.7 Å². The number of carbonyl (C=O) groups is 1. The fraction of sp³-hybridized carbons (Fsp3) is 0.385. The van der Waals surface area contributed by atoms with Crippen molar-refractivity contribution in [2.75, 3.05) is 13.1 Å². The standard InChI is InChI=1S/C26H24ClF3N4O3S/c1-15-4-2-3-5-18(15)22-11-20(32-37-22)21-14-38-24(31-21)16-6-8-33(9-7-16)23(35)13-34-12-17(27)10-19(25(34)36)26(28,29)30/h2-5,10,12,14,16,22H,6-9,11,13H2,1H3. The van der Waals surface area contributed by atoms with Gasteiger partial charge in [0.15, 0.2) is 6.10 Å². The molecule has 12 heteroatoms. The molecule has 7 nitrogen and oxygen atoms in total. The molecule has 2 aliphatic heterocycles. The van der Waals surface area contributed by atoms with Gasteiger partial charge in [-0.1, -0.05) is 41.0 Å². The van der Waals surface area contributed by atoms with Crippen LogP contribution in [-0.2, 0) is 22.4 Å². The largest absolute Gasteiger partial charge is 0.421 e. The monoisotopic (exact) mass is 564 g/mol. The van der Waals surface area contributed by atoms with Crippen LogP contribution < -0.4 is 5.56 Å². The van der Waals surface area contributed by atoms with Gasteiger partial charge < -0.3 is 14.3 Å². The highest BCUT2D eigenvalue weighted by atomic mass is 35.5. The quantitative estimate of drug-likeness (QED) is 0.407. The molecule has 1 amide bonds. The zero-order valence-electron chi connectivity index (χ0n) is 20.4. The maximum Gasteiger partial charge on any atom is 0.421 e. The Kier molecular flexibility index (Phi) is 7.32. The van der Waals surface area contributed by atoms with Crippen molar-refractivity contribution in [3.63, 3.8) is 0 Å². The summed E-state index contributed by atoms with van der Waals surface area (Å²) in [5, 5.41) is 6.94. The van der Waals surface area contributed by atoms with Crippen LogP contribution in [0.5, 0.6) is 0 Å². The van der Waals surface area contributed by atoms with Crippen LogP contribution in [0.1, 0.15) is 58.7 Å². The van der Waals surface area contributed by atoms with Crippen LogP contribution in [0.3, 0.4) is 0 Å². The average molecular weight is 565 g/mol. The van der Waals surface area contributed by atoms with Crippen molar-refractivity contribution in [3.8, 4) is 0 Å². The van der Waals surface area contributed by atoms with Crippen molar-refractivity contribution in [1.82, 2.24) is 14.5 Å². The summed E-state index contributed by atoms with van der Waals surface area (Å²) in [6, 6.07) is 8.63. The van der Waals surface area contributed by atoms with Crippen molar-refractivity contribution in [1.29, 1.82) is 0 Å². The molecule has 0 aliphatic carbocycles. The van der Waals surface area contributed by atoms with Gasteiger partial charge in [-0.25, -0.2) is 4.98 Å². The number of halogens is 4. The van der Waals surface area contributed by atoms with Gasteiger partial charge in [0.1, 0.15) is 17.8 Å². The number of likely N-dealkylation sites (tertiary alicyclic amines) is 1. The zero-order valence-corrected chi connectivity index (χ0v) is 21.9. The van der Waals surface area contributed by atoms with Crippen LogP contribution in [0.15, 0.2) is 51.9 Å². The predicted molar refractivity (Wildman–Crippen MR) is 138 cm³/mol. The lowest BCUT2D eigenvalue weighted by Gasteiger charge is -2.31. The van der Waals surface area contributed by atoms with Crippen molar-refractivity contribution in [3.05, 3.63) is 84.7 Å². The number of oxime groups is 1. The molecule has 2 aliphatic rings. The topological polar surface area (TPSA) is 76.8 Å². The second kappa shape index (κ2) is 10.5. The van der Waals surface area contributed by atoms with Gasteiger partial charge in [-0.2, -0.15) is 13.2 Å². The Labute approximate surface area is 225 Å². The first-order valence-corrected chi connectivity index (χ1v) is 13.3. The van der Waals surface area contributed by atoms with E-state index in [4.69, 9.17) is 21.4 Å². The lowest BCUT2D eigenvalue weighted by molar-refractivity contribution is -0.139. The van der Waals surface area contributed by atoms with Gasteiger partial charge in [-0.05, 0) is 37.0 Å². The minimum atomic E-state index is -4.85. The first kappa shape index (κ1) is 26.4. The van der Waals surface area contributed by atoms with E-state index in [0.717, 1.165) is 38.3 Å². The van der Waals surface area contributed by atoms with Gasteiger partial charge in [-0.3, -0.25) is 9.59 Å². The van der Waals surface area contributed by atoms with Gasteiger partial charge in [0, 0.05) is 37.0 Å². The maximum atomic E-state index is 13.1. The third-order valence-corrected chi connectivity index (χ3v) is 8.10. The molecule has 1 saturated heterocycles. The number of thiazole rings is 1. The van der Waals surface area contributed by atoms with E-state index in [9.17, 15) is 22.8 Å². The number of hydrogen-bond acceptors (Lipinski definition) is 6. The summed E-state index contributed by atoms with van der Waals surface area (Å²) in [7, 11) is 0. The molecule has 4 heterocycles. The van der Waals surface area contributed by atoms with Crippen molar-refractivity contribution in [2.24, 2.45) is 5.16 Å². The SMILES string of the molecule is Cc1ccccc1C1CC(c2csc(C3CCN(C(=O)Cn4cc(Cl)cc(C(F)(F)F)c4=O)CC3)n2)=NO1. The molecule has 1 aromatic carbocycles. The Morgan fingerprint density at radius 3 is 2.68 bits per heavy atom. The van der Waals surface area contributed by atoms with E-state index in [2.05, 4.69) is 5.16 Å². The maximum absolute atomic E-state index is 13.1. The molecule has 1 unspecified atom stereocenters. The van der Waals surface area contributed by atoms with E-state index >= 15 is 0 Å². The summed E-state index contributed by atoms with van der Waals surface area (Å²) in [5.74, 6) is -0.279. The fourth-order valence-corrected chi connectivity index (χ4v) is 6.02. The van der Waals surface area contributed by atoms with Crippen LogP contribution in [0.4, 0.5) is 13.2 Å². The fourth-order valence-electron chi connectivity index (χ4n) is 4.79. The summed E-state index contributed by atoms with van der Waals surface area (Å²) in [6.07, 6.45) is -1.98. The Hall–Kier alpha value is -3.18. The smallest absolute Gasteiger partial charge is 0.387 e. The Morgan fingerprint density at radius 1 is 1.24 bits per heavy atom. The summed E-state index contributed by atoms with van der Waals surface area (Å²) >= 11 is 7.32. The van der Waals surface area contributed by atoms with E-state index in [1.54, 1.807) is 16.2 Å². The lowest BCUT2D eigenvalue weighted by Crippen LogP contribution is -2.41. The van der Waals surface area contributed by atoms with Crippen molar-refractivity contribution >= 4 is 34.6 Å². The Morgan fingerprint density at radius 2 is 1.97 bits per heavy atom. The number of rotatable bonds is 5. The van der Waals surface area contributed by atoms with Crippen LogP contribution in [0, 0.1) is 6.92 Å². The number of amides is 1. The number of alkyl halides is 3. The molecule has 0 radical (unpaired) electrons. The van der Waals surface area contributed by atoms with Crippen molar-refractivity contribution < 1.29 is 22.8 Å². The molecule has 0 spiro atoms. The van der Waals surface area contributed by atoms with E-state index in [1.165, 1.54) is 0 Å². The average Bonchev–Trinajstić information content (AvgIpc) is 3.56. The molecule has 2 aromatic heterocycles. The second-order valence-electron chi connectivity index (χ2n) is 9.42. The summed E-state index contributed by atoms with van der Waals surface area (Å²) in [6.45, 7) is 2.37. The number of aryl methyl sites for hydroxylation is 1. The van der Waals surface area contributed by atoms with Crippen LogP contribution in [0.2, 0.25) is 5.02 Å².